The normalized spacial score (nSPS) is 15.3. The summed E-state index contributed by atoms with van der Waals surface area (Å²) in [6.45, 7) is 5.38. The second kappa shape index (κ2) is 11.9. The Balaban J connectivity index is 1.66. The fourth-order valence-corrected chi connectivity index (χ4v) is 6.77. The first-order valence-corrected chi connectivity index (χ1v) is 15.7. The Morgan fingerprint density at radius 3 is 2.36 bits per heavy atom. The largest absolute Gasteiger partial charge is 0.463 e. The number of fused-ring (bicyclic) bond motifs is 1. The van der Waals surface area contributed by atoms with Gasteiger partial charge in [-0.2, -0.15) is 8.42 Å². The number of aryl methyl sites for hydroxylation is 1. The number of hydrogen-bond donors (Lipinski definition) is 0. The van der Waals surface area contributed by atoms with Gasteiger partial charge in [0.2, 0.25) is 0 Å². The highest BCUT2D eigenvalue weighted by Gasteiger charge is 2.33. The zero-order valence-corrected chi connectivity index (χ0v) is 25.8. The van der Waals surface area contributed by atoms with Gasteiger partial charge in [0.05, 0.1) is 28.5 Å². The molecule has 5 rings (SSSR count). The minimum absolute atomic E-state index is 0.0107. The standard InChI is InChI=1S/C30H24Cl2N2O6S2/c1-4-39-29(36)26-18(3)33-30-34(27(26)19-7-9-21(31)10-8-19)28(35)25(41-30)16-20-15-22(32)11-14-24(20)40-42(37,38)23-12-5-17(2)6-13-23/h5-16,27H,4H2,1-3H3/b25-16+/t27-/m1/s1. The number of thiazole rings is 1. The van der Waals surface area contributed by atoms with Crippen LogP contribution in [-0.4, -0.2) is 25.6 Å². The minimum atomic E-state index is -4.18. The molecule has 0 saturated heterocycles. The van der Waals surface area contributed by atoms with Gasteiger partial charge >= 0.3 is 16.1 Å². The van der Waals surface area contributed by atoms with Gasteiger partial charge in [0.25, 0.3) is 5.56 Å². The Morgan fingerprint density at radius 1 is 1.02 bits per heavy atom. The molecule has 0 saturated carbocycles. The number of aromatic nitrogens is 1. The maximum Gasteiger partial charge on any atom is 0.339 e. The van der Waals surface area contributed by atoms with Crippen molar-refractivity contribution in [2.45, 2.75) is 31.7 Å². The van der Waals surface area contributed by atoms with Crippen molar-refractivity contribution in [1.29, 1.82) is 0 Å². The Hall–Kier alpha value is -3.70. The van der Waals surface area contributed by atoms with E-state index < -0.39 is 27.7 Å². The van der Waals surface area contributed by atoms with E-state index in [0.717, 1.165) is 16.9 Å². The fraction of sp³-hybridized carbons (Fsp3) is 0.167. The van der Waals surface area contributed by atoms with E-state index in [1.165, 1.54) is 41.0 Å². The van der Waals surface area contributed by atoms with Gasteiger partial charge in [0, 0.05) is 15.6 Å². The van der Waals surface area contributed by atoms with Crippen molar-refractivity contribution in [3.05, 3.63) is 124 Å². The van der Waals surface area contributed by atoms with Gasteiger partial charge < -0.3 is 8.92 Å². The highest BCUT2D eigenvalue weighted by molar-refractivity contribution is 7.87. The predicted octanol–water partition coefficient (Wildman–Crippen LogP) is 5.18. The number of rotatable bonds is 7. The number of nitrogens with zero attached hydrogens (tertiary/aromatic N) is 2. The third-order valence-corrected chi connectivity index (χ3v) is 9.19. The van der Waals surface area contributed by atoms with Crippen LogP contribution in [-0.2, 0) is 19.6 Å². The number of carbonyl (C=O) groups is 1. The van der Waals surface area contributed by atoms with Gasteiger partial charge in [-0.3, -0.25) is 9.36 Å². The third-order valence-electron chi connectivity index (χ3n) is 6.47. The molecule has 0 amide bonds. The van der Waals surface area contributed by atoms with Crippen molar-refractivity contribution in [3.8, 4) is 5.75 Å². The van der Waals surface area contributed by atoms with Crippen LogP contribution in [0.4, 0.5) is 0 Å². The van der Waals surface area contributed by atoms with Gasteiger partial charge in [-0.15, -0.1) is 0 Å². The monoisotopic (exact) mass is 642 g/mol. The zero-order valence-electron chi connectivity index (χ0n) is 22.6. The second-order valence-electron chi connectivity index (χ2n) is 9.39. The molecule has 216 valence electrons. The molecule has 1 aliphatic heterocycles. The number of ether oxygens (including phenoxy) is 1. The van der Waals surface area contributed by atoms with Crippen LogP contribution in [0.15, 0.2) is 92.7 Å². The van der Waals surface area contributed by atoms with E-state index in [1.807, 2.05) is 6.92 Å². The summed E-state index contributed by atoms with van der Waals surface area (Å²) >= 11 is 13.5. The lowest BCUT2D eigenvalue weighted by atomic mass is 9.96. The summed E-state index contributed by atoms with van der Waals surface area (Å²) < 4.78 is 38.5. The molecule has 1 atom stereocenters. The Labute approximate surface area is 255 Å². The highest BCUT2D eigenvalue weighted by atomic mass is 35.5. The molecule has 12 heteroatoms. The van der Waals surface area contributed by atoms with Crippen LogP contribution in [0.2, 0.25) is 10.0 Å². The van der Waals surface area contributed by atoms with Crippen LogP contribution >= 0.6 is 34.5 Å². The van der Waals surface area contributed by atoms with Gasteiger partial charge in [0.1, 0.15) is 10.6 Å². The Bertz CT molecular complexity index is 2010. The van der Waals surface area contributed by atoms with Gasteiger partial charge in [-0.05, 0) is 74.9 Å². The number of carbonyl (C=O) groups excluding carboxylic acids is 1. The minimum Gasteiger partial charge on any atom is -0.463 e. The molecule has 42 heavy (non-hydrogen) atoms. The van der Waals surface area contributed by atoms with Crippen molar-refractivity contribution < 1.29 is 22.1 Å². The average Bonchev–Trinajstić information content (AvgIpc) is 3.24. The topological polar surface area (TPSA) is 104 Å². The SMILES string of the molecule is CCOC(=O)C1=C(C)N=c2s/c(=C/c3cc(Cl)ccc3OS(=O)(=O)c3ccc(C)cc3)c(=O)n2[C@@H]1c1ccc(Cl)cc1. The van der Waals surface area contributed by atoms with Crippen molar-refractivity contribution in [2.24, 2.45) is 4.99 Å². The van der Waals surface area contributed by atoms with E-state index in [0.29, 0.717) is 26.1 Å². The van der Waals surface area contributed by atoms with E-state index in [2.05, 4.69) is 4.99 Å². The number of esters is 1. The van der Waals surface area contributed by atoms with Crippen molar-refractivity contribution >= 4 is 56.7 Å². The molecule has 0 bridgehead atoms. The summed E-state index contributed by atoms with van der Waals surface area (Å²) in [5.74, 6) is -0.594. The van der Waals surface area contributed by atoms with Crippen LogP contribution in [0.5, 0.6) is 5.75 Å². The number of hydrogen-bond acceptors (Lipinski definition) is 8. The van der Waals surface area contributed by atoms with Crippen molar-refractivity contribution in [3.63, 3.8) is 0 Å². The van der Waals surface area contributed by atoms with Gasteiger partial charge in [-0.1, -0.05) is 64.4 Å². The average molecular weight is 644 g/mol. The first-order valence-electron chi connectivity index (χ1n) is 12.7. The molecular formula is C30H24Cl2N2O6S2. The molecule has 0 N–H and O–H groups in total. The molecule has 0 spiro atoms. The molecule has 1 aromatic heterocycles. The summed E-state index contributed by atoms with van der Waals surface area (Å²) in [5, 5.41) is 0.812. The van der Waals surface area contributed by atoms with Crippen LogP contribution in [0.25, 0.3) is 6.08 Å². The zero-order chi connectivity index (χ0) is 30.2. The van der Waals surface area contributed by atoms with Crippen LogP contribution in [0.1, 0.15) is 36.6 Å². The lowest BCUT2D eigenvalue weighted by molar-refractivity contribution is -0.139. The fourth-order valence-electron chi connectivity index (χ4n) is 4.47. The molecule has 0 aliphatic carbocycles. The molecule has 4 aromatic rings. The molecular weight excluding hydrogens is 619 g/mol. The van der Waals surface area contributed by atoms with Crippen molar-refractivity contribution in [1.82, 2.24) is 4.57 Å². The van der Waals surface area contributed by atoms with E-state index in [9.17, 15) is 18.0 Å². The molecule has 0 fully saturated rings. The first kappa shape index (κ1) is 29.8. The van der Waals surface area contributed by atoms with Gasteiger partial charge in [-0.25, -0.2) is 9.79 Å². The Morgan fingerprint density at radius 2 is 1.69 bits per heavy atom. The molecule has 1 aliphatic rings. The number of allylic oxidation sites excluding steroid dienone is 1. The lowest BCUT2D eigenvalue weighted by Gasteiger charge is -2.24. The second-order valence-corrected chi connectivity index (χ2v) is 12.8. The smallest absolute Gasteiger partial charge is 0.339 e. The van der Waals surface area contributed by atoms with Crippen LogP contribution in [0, 0.1) is 6.92 Å². The summed E-state index contributed by atoms with van der Waals surface area (Å²) in [4.78, 5) is 31.9. The quantitative estimate of drug-likeness (QED) is 0.203. The summed E-state index contributed by atoms with van der Waals surface area (Å²) in [6, 6.07) is 16.7. The van der Waals surface area contributed by atoms with Crippen LogP contribution in [0.3, 0.4) is 0 Å². The van der Waals surface area contributed by atoms with E-state index in [4.69, 9.17) is 32.1 Å². The van der Waals surface area contributed by atoms with Crippen LogP contribution < -0.4 is 19.1 Å². The number of benzene rings is 3. The summed E-state index contributed by atoms with van der Waals surface area (Å²) in [6.07, 6.45) is 1.50. The summed E-state index contributed by atoms with van der Waals surface area (Å²) in [5.41, 5.74) is 2.01. The lowest BCUT2D eigenvalue weighted by Crippen LogP contribution is -2.39. The Kier molecular flexibility index (Phi) is 8.43. The number of halogens is 2. The molecule has 0 unspecified atom stereocenters. The van der Waals surface area contributed by atoms with Gasteiger partial charge in [0.15, 0.2) is 4.80 Å². The van der Waals surface area contributed by atoms with E-state index >= 15 is 0 Å². The molecule has 8 nitrogen and oxygen atoms in total. The van der Waals surface area contributed by atoms with E-state index in [-0.39, 0.29) is 32.9 Å². The third kappa shape index (κ3) is 5.94. The predicted molar refractivity (Wildman–Crippen MR) is 162 cm³/mol. The summed E-state index contributed by atoms with van der Waals surface area (Å²) in [7, 11) is -4.18. The first-order chi connectivity index (χ1) is 20.0. The van der Waals surface area contributed by atoms with Crippen molar-refractivity contribution in [2.75, 3.05) is 6.61 Å². The maximum atomic E-state index is 13.9. The molecule has 2 heterocycles. The molecule has 0 radical (unpaired) electrons. The van der Waals surface area contributed by atoms with E-state index in [1.54, 1.807) is 50.2 Å². The highest BCUT2D eigenvalue weighted by Crippen LogP contribution is 2.32. The maximum absolute atomic E-state index is 13.9. The molecule has 3 aromatic carbocycles.